The molecule has 4 nitrogen and oxygen atoms in total. The Kier molecular flexibility index (Phi) is 7.82. The van der Waals surface area contributed by atoms with Gasteiger partial charge in [-0.15, -0.1) is 0 Å². The normalized spacial score (nSPS) is 20.9. The van der Waals surface area contributed by atoms with Crippen molar-refractivity contribution in [2.24, 2.45) is 4.99 Å². The van der Waals surface area contributed by atoms with Gasteiger partial charge >= 0.3 is 0 Å². The molecule has 2 aromatic rings. The van der Waals surface area contributed by atoms with E-state index < -0.39 is 0 Å². The summed E-state index contributed by atoms with van der Waals surface area (Å²) in [5.74, 6) is 1.94. The molecule has 0 radical (unpaired) electrons. The molecule has 3 aliphatic heterocycles. The van der Waals surface area contributed by atoms with E-state index in [-0.39, 0.29) is 10.8 Å². The third-order valence-corrected chi connectivity index (χ3v) is 10.8. The van der Waals surface area contributed by atoms with Crippen molar-refractivity contribution in [1.29, 1.82) is 0 Å². The minimum Gasteiger partial charge on any atom is -0.456 e. The van der Waals surface area contributed by atoms with Gasteiger partial charge in [0.25, 0.3) is 0 Å². The molecule has 47 heavy (non-hydrogen) atoms. The molecule has 7 rings (SSSR count). The molecule has 0 saturated heterocycles. The highest BCUT2D eigenvalue weighted by Gasteiger charge is 2.41. The van der Waals surface area contributed by atoms with Crippen molar-refractivity contribution in [2.45, 2.75) is 85.5 Å². The standard InChI is InChI=1S/C43H49N3O/c1-9-44-35-27-38-32(25-28(35)4)31(26-40-43(7,8)34-20-13-15-22-37(34)46(40)11-3)30-18-16-17-29(41(30)47-38)23-24-39-42(5,6)33-19-12-14-21-36(33)45(39)10-2/h12-15,19-27H,9-11,16-18H2,1-8H3/b29-23?,39-24?,40-26+,44-35?. The first-order chi connectivity index (χ1) is 22.6. The monoisotopic (exact) mass is 623 g/mol. The number of likely N-dealkylation sites (N-methyl/N-ethyl adjacent to an activating group) is 2. The van der Waals surface area contributed by atoms with Gasteiger partial charge in [-0.05, 0) is 105 Å². The molecule has 0 N–H and O–H groups in total. The highest BCUT2D eigenvalue weighted by Crippen LogP contribution is 2.51. The molecule has 242 valence electrons. The van der Waals surface area contributed by atoms with Crippen molar-refractivity contribution >= 4 is 23.0 Å². The van der Waals surface area contributed by atoms with Gasteiger partial charge in [-0.1, -0.05) is 70.2 Å². The van der Waals surface area contributed by atoms with Gasteiger partial charge in [0, 0.05) is 70.4 Å². The molecule has 0 fully saturated rings. The molecule has 0 amide bonds. The van der Waals surface area contributed by atoms with Crippen LogP contribution in [0.25, 0.3) is 23.0 Å². The number of hydrogen-bond acceptors (Lipinski definition) is 4. The van der Waals surface area contributed by atoms with E-state index in [0.29, 0.717) is 0 Å². The summed E-state index contributed by atoms with van der Waals surface area (Å²) in [6.07, 6.45) is 10.3. The Bertz CT molecular complexity index is 2000. The molecule has 0 unspecified atom stereocenters. The lowest BCUT2D eigenvalue weighted by molar-refractivity contribution is 0.525. The molecule has 0 aromatic heterocycles. The van der Waals surface area contributed by atoms with E-state index >= 15 is 0 Å². The predicted octanol–water partition coefficient (Wildman–Crippen LogP) is 10.2. The Hall–Kier alpha value is -4.31. The topological polar surface area (TPSA) is 32.0 Å². The number of benzene rings is 3. The van der Waals surface area contributed by atoms with Gasteiger partial charge in [0.1, 0.15) is 11.5 Å². The first-order valence-electron chi connectivity index (χ1n) is 17.6. The second kappa shape index (κ2) is 11.7. The number of anilines is 2. The number of aryl methyl sites for hydroxylation is 1. The largest absolute Gasteiger partial charge is 0.456 e. The van der Waals surface area contributed by atoms with Crippen molar-refractivity contribution in [3.05, 3.63) is 123 Å². The van der Waals surface area contributed by atoms with Crippen LogP contribution < -0.4 is 15.2 Å². The zero-order chi connectivity index (χ0) is 33.1. The summed E-state index contributed by atoms with van der Waals surface area (Å²) in [5.41, 5.74) is 14.2. The Balaban J connectivity index is 1.45. The van der Waals surface area contributed by atoms with Crippen molar-refractivity contribution in [1.82, 2.24) is 0 Å². The predicted molar refractivity (Wildman–Crippen MR) is 198 cm³/mol. The van der Waals surface area contributed by atoms with Crippen LogP contribution in [0.4, 0.5) is 11.4 Å². The SMILES string of the molecule is CCN=c1cc2oc3c(c(/C=C4/N(CC)c5ccccc5C4(C)C)c-2cc1C)CCCC3=CC=C1N(CC)c2ccccc2C1(C)C. The van der Waals surface area contributed by atoms with E-state index in [9.17, 15) is 0 Å². The van der Waals surface area contributed by atoms with Gasteiger partial charge in [0.05, 0.1) is 5.36 Å². The maximum absolute atomic E-state index is 6.98. The highest BCUT2D eigenvalue weighted by molar-refractivity contribution is 5.85. The molecule has 5 aliphatic rings. The van der Waals surface area contributed by atoms with Gasteiger partial charge in [-0.3, -0.25) is 4.99 Å². The van der Waals surface area contributed by atoms with Crippen molar-refractivity contribution in [3.63, 3.8) is 0 Å². The van der Waals surface area contributed by atoms with Crippen molar-refractivity contribution < 1.29 is 4.42 Å². The number of hydrogen-bond donors (Lipinski definition) is 0. The quantitative estimate of drug-likeness (QED) is 0.222. The summed E-state index contributed by atoms with van der Waals surface area (Å²) in [7, 11) is 0. The first kappa shape index (κ1) is 31.3. The van der Waals surface area contributed by atoms with E-state index in [1.807, 2.05) is 0 Å². The van der Waals surface area contributed by atoms with Crippen LogP contribution in [0.1, 0.15) is 94.9 Å². The number of allylic oxidation sites excluding steroid dienone is 5. The molecule has 0 spiro atoms. The van der Waals surface area contributed by atoms with Crippen LogP contribution >= 0.6 is 0 Å². The summed E-state index contributed by atoms with van der Waals surface area (Å²) in [6, 6.07) is 22.2. The van der Waals surface area contributed by atoms with Gasteiger partial charge < -0.3 is 14.2 Å². The Morgan fingerprint density at radius 1 is 0.787 bits per heavy atom. The third kappa shape index (κ3) is 4.91. The number of rotatable bonds is 5. The van der Waals surface area contributed by atoms with E-state index in [1.165, 1.54) is 61.7 Å². The Morgan fingerprint density at radius 3 is 2.04 bits per heavy atom. The minimum atomic E-state index is -0.115. The Morgan fingerprint density at radius 2 is 1.40 bits per heavy atom. The van der Waals surface area contributed by atoms with Crippen LogP contribution in [-0.4, -0.2) is 19.6 Å². The van der Waals surface area contributed by atoms with E-state index in [0.717, 1.165) is 55.8 Å². The van der Waals surface area contributed by atoms with E-state index in [2.05, 4.69) is 144 Å². The minimum absolute atomic E-state index is 0.0714. The first-order valence-corrected chi connectivity index (χ1v) is 17.6. The highest BCUT2D eigenvalue weighted by atomic mass is 16.3. The number of fused-ring (bicyclic) bond motifs is 4. The van der Waals surface area contributed by atoms with Gasteiger partial charge in [0.2, 0.25) is 0 Å². The second-order valence-electron chi connectivity index (χ2n) is 14.3. The molecular weight excluding hydrogens is 574 g/mol. The molecule has 2 aliphatic carbocycles. The summed E-state index contributed by atoms with van der Waals surface area (Å²) in [6.45, 7) is 20.8. The fraction of sp³-hybridized carbons (Fsp3) is 0.372. The number of para-hydroxylation sites is 2. The van der Waals surface area contributed by atoms with E-state index in [1.54, 1.807) is 0 Å². The lowest BCUT2D eigenvalue weighted by Gasteiger charge is -2.29. The maximum atomic E-state index is 6.98. The van der Waals surface area contributed by atoms with Gasteiger partial charge in [0.15, 0.2) is 0 Å². The maximum Gasteiger partial charge on any atom is 0.137 e. The molecular formula is C43H49N3O. The summed E-state index contributed by atoms with van der Waals surface area (Å²) in [4.78, 5) is 9.81. The van der Waals surface area contributed by atoms with Gasteiger partial charge in [-0.2, -0.15) is 0 Å². The summed E-state index contributed by atoms with van der Waals surface area (Å²) < 4.78 is 6.98. The molecule has 0 saturated carbocycles. The lowest BCUT2D eigenvalue weighted by Crippen LogP contribution is -2.26. The lowest BCUT2D eigenvalue weighted by atomic mass is 9.81. The van der Waals surface area contributed by atoms with Crippen LogP contribution in [0.3, 0.4) is 0 Å². The molecule has 0 atom stereocenters. The summed E-state index contributed by atoms with van der Waals surface area (Å²) >= 11 is 0. The average Bonchev–Trinajstić information content (AvgIpc) is 3.42. The fourth-order valence-corrected chi connectivity index (χ4v) is 8.41. The zero-order valence-corrected chi connectivity index (χ0v) is 29.5. The average molecular weight is 624 g/mol. The summed E-state index contributed by atoms with van der Waals surface area (Å²) in [5, 5.41) is 1.01. The van der Waals surface area contributed by atoms with Crippen molar-refractivity contribution in [3.8, 4) is 11.3 Å². The van der Waals surface area contributed by atoms with Gasteiger partial charge in [-0.25, -0.2) is 0 Å². The van der Waals surface area contributed by atoms with Crippen molar-refractivity contribution in [2.75, 3.05) is 29.4 Å². The third-order valence-electron chi connectivity index (χ3n) is 10.8. The smallest absolute Gasteiger partial charge is 0.137 e. The van der Waals surface area contributed by atoms with Crippen LogP contribution in [0.5, 0.6) is 0 Å². The zero-order valence-electron chi connectivity index (χ0n) is 29.5. The molecule has 4 heteroatoms. The van der Waals surface area contributed by atoms with Crippen LogP contribution in [0.15, 0.2) is 93.6 Å². The molecule has 2 aromatic carbocycles. The van der Waals surface area contributed by atoms with Crippen LogP contribution in [0, 0.1) is 6.92 Å². The Labute approximate surface area is 281 Å². The second-order valence-corrected chi connectivity index (χ2v) is 14.3. The van der Waals surface area contributed by atoms with Crippen LogP contribution in [-0.2, 0) is 17.3 Å². The molecule has 0 bridgehead atoms. The molecule has 3 heterocycles. The van der Waals surface area contributed by atoms with E-state index in [4.69, 9.17) is 9.41 Å². The fourth-order valence-electron chi connectivity index (χ4n) is 8.41. The van der Waals surface area contributed by atoms with Crippen LogP contribution in [0.2, 0.25) is 0 Å². The number of nitrogens with zero attached hydrogens (tertiary/aromatic N) is 3.